The Labute approximate surface area is 175 Å². The standard InChI is InChI=1S/C20H16ClN5O2S/c21-9-8-18(27)23-17-11-15(16-7-4-10-29-16)25-26(17)20-22-14(12-19(28)24-20)13-5-2-1-3-6-13/h1-7,10-12H,8-9H2,(H,23,27)(H,22,24,28). The summed E-state index contributed by atoms with van der Waals surface area (Å²) in [4.78, 5) is 32.6. The van der Waals surface area contributed by atoms with Gasteiger partial charge in [0.05, 0.1) is 10.6 Å². The lowest BCUT2D eigenvalue weighted by atomic mass is 10.1. The predicted octanol–water partition coefficient (Wildman–Crippen LogP) is 3.92. The summed E-state index contributed by atoms with van der Waals surface area (Å²) in [6.07, 6.45) is 0.162. The van der Waals surface area contributed by atoms with Crippen LogP contribution in [0.1, 0.15) is 6.42 Å². The molecule has 0 fully saturated rings. The van der Waals surface area contributed by atoms with Crippen LogP contribution in [-0.2, 0) is 4.79 Å². The second-order valence-corrected chi connectivity index (χ2v) is 7.44. The quantitative estimate of drug-likeness (QED) is 0.458. The van der Waals surface area contributed by atoms with E-state index in [0.717, 1.165) is 10.4 Å². The number of thiophene rings is 1. The van der Waals surface area contributed by atoms with E-state index in [2.05, 4.69) is 20.4 Å². The highest BCUT2D eigenvalue weighted by Crippen LogP contribution is 2.27. The third-order valence-corrected chi connectivity index (χ3v) is 5.15. The molecule has 0 spiro atoms. The molecular weight excluding hydrogens is 410 g/mol. The number of aromatic amines is 1. The predicted molar refractivity (Wildman–Crippen MR) is 115 cm³/mol. The van der Waals surface area contributed by atoms with Crippen LogP contribution >= 0.6 is 22.9 Å². The molecule has 2 N–H and O–H groups in total. The summed E-state index contributed by atoms with van der Waals surface area (Å²) in [5.41, 5.74) is 1.66. The Morgan fingerprint density at radius 2 is 1.97 bits per heavy atom. The molecule has 0 unspecified atom stereocenters. The van der Waals surface area contributed by atoms with Crippen LogP contribution in [0.25, 0.3) is 27.8 Å². The van der Waals surface area contributed by atoms with Crippen LogP contribution in [0.4, 0.5) is 5.82 Å². The van der Waals surface area contributed by atoms with Crippen LogP contribution in [-0.4, -0.2) is 31.5 Å². The Morgan fingerprint density at radius 1 is 1.14 bits per heavy atom. The van der Waals surface area contributed by atoms with Crippen molar-refractivity contribution >= 4 is 34.7 Å². The average molecular weight is 426 g/mol. The number of alkyl halides is 1. The summed E-state index contributed by atoms with van der Waals surface area (Å²) >= 11 is 7.20. The summed E-state index contributed by atoms with van der Waals surface area (Å²) in [7, 11) is 0. The lowest BCUT2D eigenvalue weighted by Gasteiger charge is -2.09. The highest BCUT2D eigenvalue weighted by atomic mass is 35.5. The molecule has 0 aliphatic rings. The van der Waals surface area contributed by atoms with Gasteiger partial charge in [-0.15, -0.1) is 22.9 Å². The zero-order valence-corrected chi connectivity index (χ0v) is 16.7. The number of benzene rings is 1. The first-order valence-electron chi connectivity index (χ1n) is 8.81. The minimum absolute atomic E-state index is 0.162. The lowest BCUT2D eigenvalue weighted by Crippen LogP contribution is -2.18. The van der Waals surface area contributed by atoms with E-state index in [9.17, 15) is 9.59 Å². The number of hydrogen-bond acceptors (Lipinski definition) is 5. The zero-order valence-electron chi connectivity index (χ0n) is 15.1. The van der Waals surface area contributed by atoms with Crippen molar-refractivity contribution in [2.24, 2.45) is 0 Å². The topological polar surface area (TPSA) is 92.7 Å². The number of nitrogens with one attached hydrogen (secondary N) is 2. The van der Waals surface area contributed by atoms with E-state index in [1.54, 1.807) is 6.07 Å². The van der Waals surface area contributed by atoms with Crippen LogP contribution in [0.15, 0.2) is 64.8 Å². The SMILES string of the molecule is O=C(CCCl)Nc1cc(-c2cccs2)nn1-c1nc(-c2ccccc2)cc(=O)[nH]1. The summed E-state index contributed by atoms with van der Waals surface area (Å²) in [5.74, 6) is 0.564. The molecule has 3 heterocycles. The van der Waals surface area contributed by atoms with E-state index in [1.807, 2.05) is 47.8 Å². The molecule has 0 saturated heterocycles. The fourth-order valence-corrected chi connectivity index (χ4v) is 3.62. The van der Waals surface area contributed by atoms with Gasteiger partial charge in [0.15, 0.2) is 0 Å². The van der Waals surface area contributed by atoms with Gasteiger partial charge in [0.2, 0.25) is 11.9 Å². The molecule has 7 nitrogen and oxygen atoms in total. The minimum atomic E-state index is -0.319. The first kappa shape index (κ1) is 19.1. The first-order chi connectivity index (χ1) is 14.1. The van der Waals surface area contributed by atoms with E-state index >= 15 is 0 Å². The fraction of sp³-hybridized carbons (Fsp3) is 0.100. The molecule has 1 aromatic carbocycles. The zero-order chi connectivity index (χ0) is 20.2. The summed E-state index contributed by atoms with van der Waals surface area (Å²) in [5, 5.41) is 9.29. The van der Waals surface area contributed by atoms with Crippen LogP contribution in [0.5, 0.6) is 0 Å². The van der Waals surface area contributed by atoms with Gasteiger partial charge in [-0.1, -0.05) is 36.4 Å². The number of anilines is 1. The van der Waals surface area contributed by atoms with Crippen molar-refractivity contribution in [2.75, 3.05) is 11.2 Å². The molecule has 0 saturated carbocycles. The maximum Gasteiger partial charge on any atom is 0.252 e. The maximum atomic E-state index is 12.3. The molecule has 9 heteroatoms. The van der Waals surface area contributed by atoms with Crippen LogP contribution in [0.2, 0.25) is 0 Å². The third-order valence-electron chi connectivity index (χ3n) is 4.07. The number of amides is 1. The Morgan fingerprint density at radius 3 is 2.69 bits per heavy atom. The van der Waals surface area contributed by atoms with E-state index < -0.39 is 0 Å². The van der Waals surface area contributed by atoms with Gasteiger partial charge in [-0.2, -0.15) is 9.78 Å². The molecule has 0 aliphatic heterocycles. The Hall–Kier alpha value is -3.23. The molecule has 3 aromatic heterocycles. The summed E-state index contributed by atoms with van der Waals surface area (Å²) in [6.45, 7) is 0. The normalized spacial score (nSPS) is 10.8. The molecule has 0 atom stereocenters. The molecule has 146 valence electrons. The largest absolute Gasteiger partial charge is 0.310 e. The minimum Gasteiger partial charge on any atom is -0.310 e. The summed E-state index contributed by atoms with van der Waals surface area (Å²) < 4.78 is 1.43. The first-order valence-corrected chi connectivity index (χ1v) is 10.2. The van der Waals surface area contributed by atoms with E-state index in [-0.39, 0.29) is 29.7 Å². The van der Waals surface area contributed by atoms with Gasteiger partial charge >= 0.3 is 0 Å². The van der Waals surface area contributed by atoms with Crippen LogP contribution in [0, 0.1) is 0 Å². The van der Waals surface area contributed by atoms with Crippen molar-refractivity contribution in [1.29, 1.82) is 0 Å². The molecule has 1 amide bonds. The van der Waals surface area contributed by atoms with Crippen LogP contribution in [0.3, 0.4) is 0 Å². The smallest absolute Gasteiger partial charge is 0.252 e. The number of carbonyl (C=O) groups excluding carboxylic acids is 1. The summed E-state index contributed by atoms with van der Waals surface area (Å²) in [6, 6.07) is 16.4. The molecule has 29 heavy (non-hydrogen) atoms. The number of nitrogens with zero attached hydrogens (tertiary/aromatic N) is 3. The van der Waals surface area contributed by atoms with Gasteiger partial charge < -0.3 is 5.32 Å². The second-order valence-electron chi connectivity index (χ2n) is 6.11. The number of aromatic nitrogens is 4. The number of carbonyl (C=O) groups is 1. The highest BCUT2D eigenvalue weighted by molar-refractivity contribution is 7.13. The van der Waals surface area contributed by atoms with Gasteiger partial charge in [0, 0.05) is 30.0 Å². The Bertz CT molecular complexity index is 1190. The number of rotatable bonds is 6. The highest BCUT2D eigenvalue weighted by Gasteiger charge is 2.16. The van der Waals surface area contributed by atoms with Crippen molar-refractivity contribution in [1.82, 2.24) is 19.7 Å². The van der Waals surface area contributed by atoms with Crippen molar-refractivity contribution < 1.29 is 4.79 Å². The lowest BCUT2D eigenvalue weighted by molar-refractivity contribution is -0.115. The number of halogens is 1. The van der Waals surface area contributed by atoms with Crippen molar-refractivity contribution in [3.63, 3.8) is 0 Å². The maximum absolute atomic E-state index is 12.3. The third kappa shape index (κ3) is 4.28. The van der Waals surface area contributed by atoms with E-state index in [0.29, 0.717) is 17.2 Å². The molecule has 4 rings (SSSR count). The van der Waals surface area contributed by atoms with E-state index in [4.69, 9.17) is 11.6 Å². The second kappa shape index (κ2) is 8.42. The number of hydrogen-bond donors (Lipinski definition) is 2. The molecular formula is C20H16ClN5O2S. The molecule has 0 bridgehead atoms. The van der Waals surface area contributed by atoms with Crippen molar-refractivity contribution in [3.8, 4) is 27.8 Å². The fourth-order valence-electron chi connectivity index (χ4n) is 2.77. The van der Waals surface area contributed by atoms with E-state index in [1.165, 1.54) is 22.1 Å². The average Bonchev–Trinajstić information content (AvgIpc) is 3.38. The van der Waals surface area contributed by atoms with Crippen molar-refractivity contribution in [3.05, 3.63) is 70.3 Å². The van der Waals surface area contributed by atoms with Gasteiger partial charge in [-0.05, 0) is 11.4 Å². The Balaban J connectivity index is 1.82. The van der Waals surface area contributed by atoms with Crippen LogP contribution < -0.4 is 10.9 Å². The van der Waals surface area contributed by atoms with Crippen molar-refractivity contribution in [2.45, 2.75) is 6.42 Å². The van der Waals surface area contributed by atoms with Gasteiger partial charge in [0.1, 0.15) is 11.5 Å². The Kier molecular flexibility index (Phi) is 5.55. The molecule has 4 aromatic rings. The van der Waals surface area contributed by atoms with Gasteiger partial charge in [0.25, 0.3) is 5.56 Å². The monoisotopic (exact) mass is 425 g/mol. The molecule has 0 radical (unpaired) electrons. The van der Waals surface area contributed by atoms with Gasteiger partial charge in [-0.25, -0.2) is 4.98 Å². The number of H-pyrrole nitrogens is 1. The van der Waals surface area contributed by atoms with Gasteiger partial charge in [-0.3, -0.25) is 14.6 Å². The molecule has 0 aliphatic carbocycles.